The molecule has 0 aromatic heterocycles. The minimum absolute atomic E-state index is 0.328. The molecule has 146 valence electrons. The van der Waals surface area contributed by atoms with Crippen LogP contribution >= 0.6 is 0 Å². The lowest BCUT2D eigenvalue weighted by Crippen LogP contribution is -2.45. The third-order valence-electron chi connectivity index (χ3n) is 4.64. The number of morpholine rings is 1. The highest BCUT2D eigenvalue weighted by atomic mass is 28.2. The lowest BCUT2D eigenvalue weighted by atomic mass is 10.2. The summed E-state index contributed by atoms with van der Waals surface area (Å²) in [6.07, 6.45) is 4.29. The van der Waals surface area contributed by atoms with Crippen molar-refractivity contribution in [2.75, 3.05) is 19.6 Å². The van der Waals surface area contributed by atoms with Crippen molar-refractivity contribution in [3.05, 3.63) is 42.0 Å². The molecule has 2 atom stereocenters. The van der Waals surface area contributed by atoms with Crippen LogP contribution < -0.4 is 5.19 Å². The quantitative estimate of drug-likeness (QED) is 0.384. The molecule has 0 amide bonds. The van der Waals surface area contributed by atoms with Gasteiger partial charge in [-0.25, -0.2) is 0 Å². The lowest BCUT2D eigenvalue weighted by molar-refractivity contribution is -0.137. The van der Waals surface area contributed by atoms with Crippen molar-refractivity contribution in [1.29, 1.82) is 0 Å². The van der Waals surface area contributed by atoms with Gasteiger partial charge >= 0.3 is 6.18 Å². The molecule has 0 bridgehead atoms. The Morgan fingerprint density at radius 1 is 1.08 bits per heavy atom. The number of halogens is 3. The van der Waals surface area contributed by atoms with Crippen molar-refractivity contribution < 1.29 is 17.9 Å². The molecule has 1 aromatic rings. The van der Waals surface area contributed by atoms with Crippen molar-refractivity contribution in [2.45, 2.75) is 57.5 Å². The maximum Gasteiger partial charge on any atom is 0.416 e. The highest BCUT2D eigenvalue weighted by molar-refractivity contribution is 6.53. The summed E-state index contributed by atoms with van der Waals surface area (Å²) in [5.41, 5.74) is -0.560. The van der Waals surface area contributed by atoms with Crippen molar-refractivity contribution in [2.24, 2.45) is 0 Å². The average Bonchev–Trinajstić information content (AvgIpc) is 2.56. The molecule has 0 radical (unpaired) electrons. The number of hydrogen-bond donors (Lipinski definition) is 0. The van der Waals surface area contributed by atoms with Gasteiger partial charge in [-0.05, 0) is 45.7 Å². The standard InChI is InChI=1S/C20H30F3NOSi/c1-16-14-24(15-17(2)25-16)12-6-4-3-5-7-13-26-19-10-8-18(9-11-19)20(21,22)23/h5,7-11,16-17H,3-4,6,12-15,26H2,1-2H3. The Balaban J connectivity index is 1.56. The predicted molar refractivity (Wildman–Crippen MR) is 104 cm³/mol. The Morgan fingerprint density at radius 3 is 2.35 bits per heavy atom. The fourth-order valence-electron chi connectivity index (χ4n) is 3.41. The zero-order valence-electron chi connectivity index (χ0n) is 15.8. The molecule has 0 saturated carbocycles. The monoisotopic (exact) mass is 385 g/mol. The molecule has 0 aliphatic carbocycles. The van der Waals surface area contributed by atoms with Gasteiger partial charge in [0.25, 0.3) is 0 Å². The Morgan fingerprint density at radius 2 is 1.73 bits per heavy atom. The van der Waals surface area contributed by atoms with E-state index in [1.54, 1.807) is 12.1 Å². The molecule has 6 heteroatoms. The van der Waals surface area contributed by atoms with E-state index >= 15 is 0 Å². The summed E-state index contributed by atoms with van der Waals surface area (Å²) in [5, 5.41) is 1.08. The van der Waals surface area contributed by atoms with E-state index in [-0.39, 0.29) is 0 Å². The van der Waals surface area contributed by atoms with E-state index in [0.717, 1.165) is 37.3 Å². The normalized spacial score (nSPS) is 22.7. The molecular weight excluding hydrogens is 355 g/mol. The highest BCUT2D eigenvalue weighted by Crippen LogP contribution is 2.28. The van der Waals surface area contributed by atoms with Crippen molar-refractivity contribution in [3.63, 3.8) is 0 Å². The minimum Gasteiger partial charge on any atom is -0.373 e. The van der Waals surface area contributed by atoms with Gasteiger partial charge in [-0.1, -0.05) is 41.6 Å². The third kappa shape index (κ3) is 7.64. The molecule has 0 N–H and O–H groups in total. The Kier molecular flexibility index (Phi) is 8.38. The summed E-state index contributed by atoms with van der Waals surface area (Å²) in [4.78, 5) is 2.49. The molecule has 1 aliphatic heterocycles. The zero-order chi connectivity index (χ0) is 19.0. The van der Waals surface area contributed by atoms with Crippen LogP contribution in [0.1, 0.15) is 38.7 Å². The van der Waals surface area contributed by atoms with E-state index in [2.05, 4.69) is 30.9 Å². The van der Waals surface area contributed by atoms with E-state index in [9.17, 15) is 13.2 Å². The van der Waals surface area contributed by atoms with Crippen molar-refractivity contribution >= 4 is 14.7 Å². The second-order valence-corrected chi connectivity index (χ2v) is 9.11. The second kappa shape index (κ2) is 10.3. The average molecular weight is 386 g/mol. The van der Waals surface area contributed by atoms with E-state index in [1.807, 2.05) is 0 Å². The summed E-state index contributed by atoms with van der Waals surface area (Å²) >= 11 is 0. The van der Waals surface area contributed by atoms with E-state index in [4.69, 9.17) is 4.74 Å². The Labute approximate surface area is 157 Å². The van der Waals surface area contributed by atoms with Crippen LogP contribution in [0.15, 0.2) is 36.4 Å². The molecule has 1 fully saturated rings. The first-order chi connectivity index (χ1) is 12.3. The van der Waals surface area contributed by atoms with Gasteiger partial charge in [0.05, 0.1) is 27.3 Å². The molecule has 1 aromatic carbocycles. The molecule has 1 heterocycles. The van der Waals surface area contributed by atoms with Gasteiger partial charge in [-0.3, -0.25) is 4.90 Å². The summed E-state index contributed by atoms with van der Waals surface area (Å²) in [7, 11) is -0.515. The molecular formula is C20H30F3NOSi. The fourth-order valence-corrected chi connectivity index (χ4v) is 4.72. The maximum atomic E-state index is 12.5. The number of hydrogen-bond acceptors (Lipinski definition) is 2. The van der Waals surface area contributed by atoms with Crippen LogP contribution in [-0.4, -0.2) is 46.3 Å². The molecule has 2 rings (SSSR count). The van der Waals surface area contributed by atoms with Crippen LogP contribution in [0.5, 0.6) is 0 Å². The van der Waals surface area contributed by atoms with Crippen molar-refractivity contribution in [3.8, 4) is 0 Å². The number of alkyl halides is 3. The first-order valence-electron chi connectivity index (χ1n) is 9.53. The number of unbranched alkanes of at least 4 members (excludes halogenated alkanes) is 2. The number of rotatable bonds is 8. The number of ether oxygens (including phenoxy) is 1. The zero-order valence-corrected chi connectivity index (χ0v) is 17.2. The van der Waals surface area contributed by atoms with Gasteiger partial charge in [0, 0.05) is 13.1 Å². The highest BCUT2D eigenvalue weighted by Gasteiger charge is 2.29. The third-order valence-corrected chi connectivity index (χ3v) is 6.31. The molecule has 2 unspecified atom stereocenters. The van der Waals surface area contributed by atoms with Gasteiger partial charge < -0.3 is 4.74 Å². The first-order valence-corrected chi connectivity index (χ1v) is 11.2. The lowest BCUT2D eigenvalue weighted by Gasteiger charge is -2.35. The van der Waals surface area contributed by atoms with Crippen LogP contribution in [-0.2, 0) is 10.9 Å². The van der Waals surface area contributed by atoms with E-state index in [0.29, 0.717) is 12.2 Å². The molecule has 0 spiro atoms. The maximum absolute atomic E-state index is 12.5. The van der Waals surface area contributed by atoms with Crippen LogP contribution in [0.25, 0.3) is 0 Å². The van der Waals surface area contributed by atoms with Crippen LogP contribution in [0, 0.1) is 0 Å². The van der Waals surface area contributed by atoms with Gasteiger partial charge in [0.1, 0.15) is 0 Å². The smallest absolute Gasteiger partial charge is 0.373 e. The molecule has 1 saturated heterocycles. The van der Waals surface area contributed by atoms with E-state index in [1.165, 1.54) is 25.0 Å². The second-order valence-electron chi connectivity index (χ2n) is 7.22. The van der Waals surface area contributed by atoms with Gasteiger partial charge in [0.15, 0.2) is 0 Å². The van der Waals surface area contributed by atoms with E-state index < -0.39 is 21.3 Å². The first kappa shape index (κ1) is 21.2. The van der Waals surface area contributed by atoms with Gasteiger partial charge in [0.2, 0.25) is 0 Å². The summed E-state index contributed by atoms with van der Waals surface area (Å²) in [5.74, 6) is 0. The number of allylic oxidation sites excluding steroid dienone is 2. The summed E-state index contributed by atoms with van der Waals surface area (Å²) < 4.78 is 43.3. The molecule has 1 aliphatic rings. The van der Waals surface area contributed by atoms with Crippen LogP contribution in [0.3, 0.4) is 0 Å². The van der Waals surface area contributed by atoms with Gasteiger partial charge in [-0.15, -0.1) is 0 Å². The Bertz CT molecular complexity index is 549. The topological polar surface area (TPSA) is 12.5 Å². The van der Waals surface area contributed by atoms with Crippen molar-refractivity contribution in [1.82, 2.24) is 4.90 Å². The van der Waals surface area contributed by atoms with Crippen LogP contribution in [0.4, 0.5) is 13.2 Å². The van der Waals surface area contributed by atoms with Gasteiger partial charge in [-0.2, -0.15) is 13.2 Å². The largest absolute Gasteiger partial charge is 0.416 e. The Hall–Kier alpha value is -1.11. The number of benzene rings is 1. The summed E-state index contributed by atoms with van der Waals surface area (Å²) in [6.45, 7) is 7.45. The molecule has 2 nitrogen and oxygen atoms in total. The fraction of sp³-hybridized carbons (Fsp3) is 0.600. The van der Waals surface area contributed by atoms with Crippen LogP contribution in [0.2, 0.25) is 6.04 Å². The molecule has 26 heavy (non-hydrogen) atoms. The predicted octanol–water partition coefficient (Wildman–Crippen LogP) is 3.75. The number of nitrogens with zero attached hydrogens (tertiary/aromatic N) is 1. The summed E-state index contributed by atoms with van der Waals surface area (Å²) in [6, 6.07) is 6.66. The SMILES string of the molecule is CC1CN(CCCCC=CC[SiH2]c2ccc(C(F)(F)F)cc2)CC(C)O1. The minimum atomic E-state index is -4.24.